The van der Waals surface area contributed by atoms with E-state index >= 15 is 0 Å². The predicted octanol–water partition coefficient (Wildman–Crippen LogP) is 2.73. The monoisotopic (exact) mass is 362 g/mol. The number of hydrogen-bond donors (Lipinski definition) is 2. The van der Waals surface area contributed by atoms with Crippen LogP contribution in [0.3, 0.4) is 0 Å². The van der Waals surface area contributed by atoms with Crippen molar-refractivity contribution >= 4 is 12.0 Å². The Morgan fingerprint density at radius 2 is 1.56 bits per heavy atom. The molecule has 0 atom stereocenters. The second kappa shape index (κ2) is 8.59. The van der Waals surface area contributed by atoms with Crippen molar-refractivity contribution in [1.29, 1.82) is 0 Å². The van der Waals surface area contributed by atoms with Crippen LogP contribution in [0.15, 0.2) is 24.3 Å². The Bertz CT molecular complexity index is 581. The topological polar surface area (TPSA) is 76.7 Å². The third kappa shape index (κ3) is 8.83. The first-order valence-electron chi connectivity index (χ1n) is 7.51. The van der Waals surface area contributed by atoms with E-state index in [1.165, 1.54) is 0 Å². The molecule has 0 aliphatic heterocycles. The summed E-state index contributed by atoms with van der Waals surface area (Å²) in [6, 6.07) is 4.02. The zero-order valence-corrected chi connectivity index (χ0v) is 14.2. The second-order valence-electron chi connectivity index (χ2n) is 6.09. The smallest absolute Gasteiger partial charge is 0.416 e. The zero-order chi connectivity index (χ0) is 19.1. The summed E-state index contributed by atoms with van der Waals surface area (Å²) in [5, 5.41) is 4.96. The van der Waals surface area contributed by atoms with Crippen molar-refractivity contribution in [2.24, 2.45) is 0 Å². The van der Waals surface area contributed by atoms with Crippen molar-refractivity contribution in [3.63, 3.8) is 0 Å². The summed E-state index contributed by atoms with van der Waals surface area (Å²) in [5.74, 6) is -0.319. The van der Waals surface area contributed by atoms with E-state index in [1.54, 1.807) is 20.8 Å². The Hall–Kier alpha value is -2.45. The fourth-order valence-electron chi connectivity index (χ4n) is 1.62. The Kier molecular flexibility index (Phi) is 7.08. The molecule has 2 N–H and O–H groups in total. The fourth-order valence-corrected chi connectivity index (χ4v) is 1.62. The van der Waals surface area contributed by atoms with Crippen molar-refractivity contribution in [3.8, 4) is 5.75 Å². The first-order chi connectivity index (χ1) is 11.5. The highest BCUT2D eigenvalue weighted by atomic mass is 19.4. The Morgan fingerprint density at radius 3 is 2.08 bits per heavy atom. The van der Waals surface area contributed by atoms with Crippen LogP contribution >= 0.6 is 0 Å². The summed E-state index contributed by atoms with van der Waals surface area (Å²) in [7, 11) is 0. The molecule has 1 aromatic carbocycles. The van der Waals surface area contributed by atoms with Gasteiger partial charge in [0.15, 0.2) is 6.61 Å². The first-order valence-corrected chi connectivity index (χ1v) is 7.51. The van der Waals surface area contributed by atoms with E-state index in [0.29, 0.717) is 0 Å². The average molecular weight is 362 g/mol. The largest absolute Gasteiger partial charge is 0.484 e. The summed E-state index contributed by atoms with van der Waals surface area (Å²) in [4.78, 5) is 22.9. The number of halogens is 3. The van der Waals surface area contributed by atoms with Gasteiger partial charge in [-0.25, -0.2) is 4.79 Å². The molecule has 0 bridgehead atoms. The molecule has 0 heterocycles. The summed E-state index contributed by atoms with van der Waals surface area (Å²) in [6.07, 6.45) is -5.01. The standard InChI is InChI=1S/C16H21F3N2O4/c1-15(2,3)25-14(23)21-9-8-20-13(22)10-24-12-6-4-11(5-7-12)16(17,18)19/h4-7H,8-10H2,1-3H3,(H,20,22)(H,21,23). The molecule has 0 aliphatic carbocycles. The second-order valence-corrected chi connectivity index (χ2v) is 6.09. The van der Waals surface area contributed by atoms with E-state index in [2.05, 4.69) is 10.6 Å². The third-order valence-electron chi connectivity index (χ3n) is 2.67. The Balaban J connectivity index is 2.24. The normalized spacial score (nSPS) is 11.6. The van der Waals surface area contributed by atoms with Gasteiger partial charge in [-0.3, -0.25) is 4.79 Å². The predicted molar refractivity (Wildman–Crippen MR) is 84.2 cm³/mol. The number of carbonyl (C=O) groups excluding carboxylic acids is 2. The molecule has 6 nitrogen and oxygen atoms in total. The summed E-state index contributed by atoms with van der Waals surface area (Å²) < 4.78 is 47.3. The molecule has 0 fully saturated rings. The number of ether oxygens (including phenoxy) is 2. The van der Waals surface area contributed by atoms with Gasteiger partial charge in [0.25, 0.3) is 5.91 Å². The molecule has 2 amide bonds. The van der Waals surface area contributed by atoms with E-state index in [4.69, 9.17) is 9.47 Å². The van der Waals surface area contributed by atoms with Crippen molar-refractivity contribution in [2.45, 2.75) is 32.5 Å². The van der Waals surface area contributed by atoms with Crippen LogP contribution in [0, 0.1) is 0 Å². The molecule has 0 saturated heterocycles. The molecular weight excluding hydrogens is 341 g/mol. The van der Waals surface area contributed by atoms with E-state index in [1.807, 2.05) is 0 Å². The van der Waals surface area contributed by atoms with Gasteiger partial charge in [0.2, 0.25) is 0 Å². The van der Waals surface area contributed by atoms with Gasteiger partial charge in [-0.15, -0.1) is 0 Å². The molecule has 0 unspecified atom stereocenters. The molecule has 0 radical (unpaired) electrons. The number of hydrogen-bond acceptors (Lipinski definition) is 4. The molecule has 1 rings (SSSR count). The average Bonchev–Trinajstić information content (AvgIpc) is 2.47. The maximum atomic E-state index is 12.4. The van der Waals surface area contributed by atoms with E-state index in [-0.39, 0.29) is 25.4 Å². The minimum atomic E-state index is -4.42. The molecule has 0 saturated carbocycles. The van der Waals surface area contributed by atoms with E-state index in [0.717, 1.165) is 24.3 Å². The van der Waals surface area contributed by atoms with Gasteiger partial charge in [0.05, 0.1) is 5.56 Å². The fraction of sp³-hybridized carbons (Fsp3) is 0.500. The number of alkyl carbamates (subject to hydrolysis) is 1. The van der Waals surface area contributed by atoms with Gasteiger partial charge in [-0.2, -0.15) is 13.2 Å². The lowest BCUT2D eigenvalue weighted by molar-refractivity contribution is -0.137. The van der Waals surface area contributed by atoms with Gasteiger partial charge >= 0.3 is 12.3 Å². The quantitative estimate of drug-likeness (QED) is 0.763. The van der Waals surface area contributed by atoms with E-state index < -0.39 is 29.3 Å². The molecule has 25 heavy (non-hydrogen) atoms. The van der Waals surface area contributed by atoms with Crippen LogP contribution in [-0.4, -0.2) is 37.3 Å². The minimum absolute atomic E-state index is 0.148. The Labute approximate surface area is 143 Å². The maximum absolute atomic E-state index is 12.4. The SMILES string of the molecule is CC(C)(C)OC(=O)NCCNC(=O)COc1ccc(C(F)(F)F)cc1. The number of nitrogens with one attached hydrogen (secondary N) is 2. The number of amides is 2. The van der Waals surface area contributed by atoms with Gasteiger partial charge in [0.1, 0.15) is 11.4 Å². The van der Waals surface area contributed by atoms with Gasteiger partial charge < -0.3 is 20.1 Å². The highest BCUT2D eigenvalue weighted by molar-refractivity contribution is 5.77. The van der Waals surface area contributed by atoms with Crippen LogP contribution in [0.4, 0.5) is 18.0 Å². The van der Waals surface area contributed by atoms with E-state index in [9.17, 15) is 22.8 Å². The molecular formula is C16H21F3N2O4. The summed E-state index contributed by atoms with van der Waals surface area (Å²) in [5.41, 5.74) is -1.40. The number of benzene rings is 1. The van der Waals surface area contributed by atoms with Crippen molar-refractivity contribution in [2.75, 3.05) is 19.7 Å². The minimum Gasteiger partial charge on any atom is -0.484 e. The summed E-state index contributed by atoms with van der Waals surface area (Å²) in [6.45, 7) is 5.17. The van der Waals surface area contributed by atoms with Crippen LogP contribution in [0.5, 0.6) is 5.75 Å². The third-order valence-corrected chi connectivity index (χ3v) is 2.67. The van der Waals surface area contributed by atoms with Crippen LogP contribution in [0.2, 0.25) is 0 Å². The van der Waals surface area contributed by atoms with Gasteiger partial charge in [0, 0.05) is 13.1 Å². The van der Waals surface area contributed by atoms with Crippen LogP contribution < -0.4 is 15.4 Å². The van der Waals surface area contributed by atoms with Crippen molar-refractivity contribution in [3.05, 3.63) is 29.8 Å². The molecule has 0 aliphatic rings. The molecule has 140 valence electrons. The number of alkyl halides is 3. The first kappa shape index (κ1) is 20.6. The van der Waals surface area contributed by atoms with Gasteiger partial charge in [-0.1, -0.05) is 0 Å². The van der Waals surface area contributed by atoms with Crippen LogP contribution in [0.1, 0.15) is 26.3 Å². The lowest BCUT2D eigenvalue weighted by atomic mass is 10.2. The Morgan fingerprint density at radius 1 is 1.00 bits per heavy atom. The number of rotatable bonds is 6. The molecule has 1 aromatic rings. The van der Waals surface area contributed by atoms with Gasteiger partial charge in [-0.05, 0) is 45.0 Å². The lowest BCUT2D eigenvalue weighted by Gasteiger charge is -2.19. The maximum Gasteiger partial charge on any atom is 0.416 e. The van der Waals surface area contributed by atoms with Crippen LogP contribution in [-0.2, 0) is 15.7 Å². The highest BCUT2D eigenvalue weighted by Crippen LogP contribution is 2.30. The number of carbonyl (C=O) groups is 2. The molecule has 0 spiro atoms. The lowest BCUT2D eigenvalue weighted by Crippen LogP contribution is -2.39. The highest BCUT2D eigenvalue weighted by Gasteiger charge is 2.30. The molecule has 9 heteroatoms. The van der Waals surface area contributed by atoms with Crippen molar-refractivity contribution in [1.82, 2.24) is 10.6 Å². The van der Waals surface area contributed by atoms with Crippen LogP contribution in [0.25, 0.3) is 0 Å². The summed E-state index contributed by atoms with van der Waals surface area (Å²) >= 11 is 0. The van der Waals surface area contributed by atoms with Crippen molar-refractivity contribution < 1.29 is 32.2 Å². The zero-order valence-electron chi connectivity index (χ0n) is 14.2. The molecule has 0 aromatic heterocycles.